The summed E-state index contributed by atoms with van der Waals surface area (Å²) in [6.07, 6.45) is 3.72. The number of nitrogens with one attached hydrogen (secondary N) is 2. The van der Waals surface area contributed by atoms with Crippen LogP contribution < -0.4 is 10.0 Å². The summed E-state index contributed by atoms with van der Waals surface area (Å²) in [6.45, 7) is 4.58. The molecule has 1 fully saturated rings. The predicted octanol–water partition coefficient (Wildman–Crippen LogP) is 1.85. The predicted molar refractivity (Wildman–Crippen MR) is 86.9 cm³/mol. The van der Waals surface area contributed by atoms with Gasteiger partial charge in [0.05, 0.1) is 5.75 Å². The first kappa shape index (κ1) is 16.5. The van der Waals surface area contributed by atoms with Crippen LogP contribution in [-0.2, 0) is 16.4 Å². The van der Waals surface area contributed by atoms with E-state index in [-0.39, 0.29) is 5.75 Å². The Balaban J connectivity index is 1.72. The Morgan fingerprint density at radius 3 is 2.67 bits per heavy atom. The summed E-state index contributed by atoms with van der Waals surface area (Å²) in [7, 11) is -3.13. The first-order valence-electron chi connectivity index (χ1n) is 7.79. The molecular formula is C16H26N2O2S. The second-order valence-electron chi connectivity index (χ2n) is 5.87. The molecule has 1 aromatic carbocycles. The molecule has 0 spiro atoms. The number of piperidine rings is 1. The monoisotopic (exact) mass is 310 g/mol. The average molecular weight is 310 g/mol. The van der Waals surface area contributed by atoms with Crippen LogP contribution in [0, 0.1) is 12.8 Å². The summed E-state index contributed by atoms with van der Waals surface area (Å²) in [5.41, 5.74) is 2.42. The molecule has 1 heterocycles. The Hall–Kier alpha value is -0.910. The summed E-state index contributed by atoms with van der Waals surface area (Å²) in [6, 6.07) is 8.11. The standard InChI is InChI=1S/C16H26N2O2S/c1-14-4-2-3-5-16(14)8-12-18-21(19,20)13-9-15-6-10-17-11-7-15/h2-5,15,17-18H,6-13H2,1H3. The van der Waals surface area contributed by atoms with Gasteiger partial charge in [-0.1, -0.05) is 24.3 Å². The lowest BCUT2D eigenvalue weighted by Crippen LogP contribution is -2.32. The number of benzene rings is 1. The first-order valence-corrected chi connectivity index (χ1v) is 9.44. The van der Waals surface area contributed by atoms with Crippen molar-refractivity contribution in [1.82, 2.24) is 10.0 Å². The van der Waals surface area contributed by atoms with Crippen LogP contribution in [0.25, 0.3) is 0 Å². The normalized spacial score (nSPS) is 17.0. The summed E-state index contributed by atoms with van der Waals surface area (Å²) in [5.74, 6) is 0.810. The lowest BCUT2D eigenvalue weighted by Gasteiger charge is -2.22. The van der Waals surface area contributed by atoms with Gasteiger partial charge in [0.25, 0.3) is 0 Å². The van der Waals surface area contributed by atoms with Gasteiger partial charge < -0.3 is 5.32 Å². The number of aryl methyl sites for hydroxylation is 1. The van der Waals surface area contributed by atoms with Crippen molar-refractivity contribution in [2.24, 2.45) is 5.92 Å². The second kappa shape index (κ2) is 7.92. The highest BCUT2D eigenvalue weighted by Gasteiger charge is 2.17. The molecule has 0 unspecified atom stereocenters. The van der Waals surface area contributed by atoms with E-state index >= 15 is 0 Å². The molecule has 21 heavy (non-hydrogen) atoms. The molecular weight excluding hydrogens is 284 g/mol. The Labute approximate surface area is 128 Å². The maximum Gasteiger partial charge on any atom is 0.211 e. The van der Waals surface area contributed by atoms with Crippen molar-refractivity contribution >= 4 is 10.0 Å². The van der Waals surface area contributed by atoms with E-state index in [4.69, 9.17) is 0 Å². The molecule has 0 amide bonds. The molecule has 0 radical (unpaired) electrons. The summed E-state index contributed by atoms with van der Waals surface area (Å²) < 4.78 is 26.8. The third-order valence-electron chi connectivity index (χ3n) is 4.23. The third-order valence-corrected chi connectivity index (χ3v) is 5.65. The minimum atomic E-state index is -3.13. The molecule has 1 aromatic rings. The maximum absolute atomic E-state index is 12.0. The van der Waals surface area contributed by atoms with Crippen LogP contribution in [-0.4, -0.2) is 33.8 Å². The quantitative estimate of drug-likeness (QED) is 0.808. The highest BCUT2D eigenvalue weighted by molar-refractivity contribution is 7.89. The third kappa shape index (κ3) is 5.77. The Morgan fingerprint density at radius 2 is 1.95 bits per heavy atom. The van der Waals surface area contributed by atoms with Crippen molar-refractivity contribution in [1.29, 1.82) is 0 Å². The van der Waals surface area contributed by atoms with Gasteiger partial charge in [0.15, 0.2) is 0 Å². The van der Waals surface area contributed by atoms with Crippen LogP contribution in [0.1, 0.15) is 30.4 Å². The first-order chi connectivity index (χ1) is 10.1. The average Bonchev–Trinajstić information content (AvgIpc) is 2.48. The second-order valence-corrected chi connectivity index (χ2v) is 7.80. The lowest BCUT2D eigenvalue weighted by molar-refractivity contribution is 0.365. The molecule has 4 nitrogen and oxygen atoms in total. The van der Waals surface area contributed by atoms with Gasteiger partial charge in [-0.25, -0.2) is 13.1 Å². The summed E-state index contributed by atoms with van der Waals surface area (Å²) >= 11 is 0. The van der Waals surface area contributed by atoms with Gasteiger partial charge >= 0.3 is 0 Å². The van der Waals surface area contributed by atoms with E-state index in [1.807, 2.05) is 12.1 Å². The Morgan fingerprint density at radius 1 is 1.24 bits per heavy atom. The Kier molecular flexibility index (Phi) is 6.21. The van der Waals surface area contributed by atoms with E-state index in [0.717, 1.165) is 38.8 Å². The van der Waals surface area contributed by atoms with E-state index in [0.29, 0.717) is 12.5 Å². The fraction of sp³-hybridized carbons (Fsp3) is 0.625. The van der Waals surface area contributed by atoms with Crippen LogP contribution >= 0.6 is 0 Å². The number of sulfonamides is 1. The number of hydrogen-bond donors (Lipinski definition) is 2. The minimum Gasteiger partial charge on any atom is -0.317 e. The van der Waals surface area contributed by atoms with Crippen molar-refractivity contribution < 1.29 is 8.42 Å². The minimum absolute atomic E-state index is 0.255. The van der Waals surface area contributed by atoms with E-state index < -0.39 is 10.0 Å². The smallest absolute Gasteiger partial charge is 0.211 e. The van der Waals surface area contributed by atoms with Gasteiger partial charge in [-0.05, 0) is 62.7 Å². The van der Waals surface area contributed by atoms with Gasteiger partial charge in [-0.15, -0.1) is 0 Å². The SMILES string of the molecule is Cc1ccccc1CCNS(=O)(=O)CCC1CCNCC1. The molecule has 2 rings (SSSR count). The molecule has 0 saturated carbocycles. The zero-order chi connectivity index (χ0) is 15.1. The van der Waals surface area contributed by atoms with Crippen molar-refractivity contribution in [2.75, 3.05) is 25.4 Å². The van der Waals surface area contributed by atoms with Gasteiger partial charge in [0, 0.05) is 6.54 Å². The van der Waals surface area contributed by atoms with Gasteiger partial charge in [-0.2, -0.15) is 0 Å². The molecule has 118 valence electrons. The molecule has 0 aliphatic carbocycles. The van der Waals surface area contributed by atoms with Crippen molar-refractivity contribution in [3.8, 4) is 0 Å². The topological polar surface area (TPSA) is 58.2 Å². The highest BCUT2D eigenvalue weighted by atomic mass is 32.2. The molecule has 1 aliphatic heterocycles. The lowest BCUT2D eigenvalue weighted by atomic mass is 9.96. The van der Waals surface area contributed by atoms with E-state index in [1.54, 1.807) is 0 Å². The van der Waals surface area contributed by atoms with Crippen molar-refractivity contribution in [2.45, 2.75) is 32.6 Å². The van der Waals surface area contributed by atoms with Gasteiger partial charge in [0.2, 0.25) is 10.0 Å². The zero-order valence-electron chi connectivity index (χ0n) is 12.8. The summed E-state index contributed by atoms with van der Waals surface area (Å²) in [5, 5.41) is 3.30. The van der Waals surface area contributed by atoms with Gasteiger partial charge in [0.1, 0.15) is 0 Å². The number of hydrogen-bond acceptors (Lipinski definition) is 3. The molecule has 0 bridgehead atoms. The van der Waals surface area contributed by atoms with E-state index in [2.05, 4.69) is 29.1 Å². The fourth-order valence-corrected chi connectivity index (χ4v) is 4.00. The molecule has 0 atom stereocenters. The van der Waals surface area contributed by atoms with E-state index in [1.165, 1.54) is 11.1 Å². The highest BCUT2D eigenvalue weighted by Crippen LogP contribution is 2.16. The van der Waals surface area contributed by atoms with Crippen LogP contribution in [0.3, 0.4) is 0 Å². The molecule has 5 heteroatoms. The summed E-state index contributed by atoms with van der Waals surface area (Å²) in [4.78, 5) is 0. The van der Waals surface area contributed by atoms with Crippen LogP contribution in [0.4, 0.5) is 0 Å². The van der Waals surface area contributed by atoms with Crippen molar-refractivity contribution in [3.05, 3.63) is 35.4 Å². The van der Waals surface area contributed by atoms with E-state index in [9.17, 15) is 8.42 Å². The molecule has 0 aromatic heterocycles. The van der Waals surface area contributed by atoms with Crippen LogP contribution in [0.15, 0.2) is 24.3 Å². The molecule has 2 N–H and O–H groups in total. The Bertz CT molecular complexity index is 537. The van der Waals surface area contributed by atoms with Crippen molar-refractivity contribution in [3.63, 3.8) is 0 Å². The van der Waals surface area contributed by atoms with Crippen LogP contribution in [0.2, 0.25) is 0 Å². The molecule has 1 aliphatic rings. The largest absolute Gasteiger partial charge is 0.317 e. The van der Waals surface area contributed by atoms with Gasteiger partial charge in [-0.3, -0.25) is 0 Å². The number of rotatable bonds is 7. The van der Waals surface area contributed by atoms with Crippen LogP contribution in [0.5, 0.6) is 0 Å². The fourth-order valence-electron chi connectivity index (χ4n) is 2.80. The maximum atomic E-state index is 12.0. The zero-order valence-corrected chi connectivity index (χ0v) is 13.6. The molecule has 1 saturated heterocycles.